The lowest BCUT2D eigenvalue weighted by Crippen LogP contribution is -2.13. The van der Waals surface area contributed by atoms with E-state index in [2.05, 4.69) is 15.3 Å². The summed E-state index contributed by atoms with van der Waals surface area (Å²) in [5.74, 6) is -0.0591. The number of aromatic nitrogens is 2. The molecule has 7 heteroatoms. The maximum atomic E-state index is 12.6. The van der Waals surface area contributed by atoms with Gasteiger partial charge in [-0.1, -0.05) is 6.07 Å². The van der Waals surface area contributed by atoms with Gasteiger partial charge >= 0.3 is 6.18 Å². The summed E-state index contributed by atoms with van der Waals surface area (Å²) in [5.41, 5.74) is -0.00459. The predicted molar refractivity (Wildman–Crippen MR) is 70.4 cm³/mol. The van der Waals surface area contributed by atoms with Crippen molar-refractivity contribution in [2.45, 2.75) is 12.6 Å². The zero-order valence-corrected chi connectivity index (χ0v) is 10.9. The van der Waals surface area contributed by atoms with Crippen LogP contribution < -0.4 is 5.32 Å². The van der Waals surface area contributed by atoms with Gasteiger partial charge in [-0.25, -0.2) is 4.98 Å². The lowest BCUT2D eigenvalue weighted by Gasteiger charge is -2.11. The molecule has 2 aromatic heterocycles. The van der Waals surface area contributed by atoms with E-state index in [0.29, 0.717) is 13.0 Å². The van der Waals surface area contributed by atoms with E-state index in [-0.39, 0.29) is 11.4 Å². The molecule has 0 spiro atoms. The second kappa shape index (κ2) is 6.22. The maximum Gasteiger partial charge on any atom is 0.433 e. The van der Waals surface area contributed by atoms with Crippen molar-refractivity contribution in [2.24, 2.45) is 0 Å². The zero-order chi connectivity index (χ0) is 15.3. The fourth-order valence-electron chi connectivity index (χ4n) is 1.71. The molecule has 0 atom stereocenters. The van der Waals surface area contributed by atoms with Crippen molar-refractivity contribution in [3.63, 3.8) is 0 Å². The van der Waals surface area contributed by atoms with Gasteiger partial charge in [-0.2, -0.15) is 18.4 Å². The van der Waals surface area contributed by atoms with Gasteiger partial charge in [0.2, 0.25) is 0 Å². The Morgan fingerprint density at radius 2 is 2.05 bits per heavy atom. The minimum Gasteiger partial charge on any atom is -0.369 e. The highest BCUT2D eigenvalue weighted by Crippen LogP contribution is 2.29. The maximum absolute atomic E-state index is 12.6. The molecule has 1 N–H and O–H groups in total. The molecule has 4 nitrogen and oxygen atoms in total. The van der Waals surface area contributed by atoms with Crippen LogP contribution in [0.3, 0.4) is 0 Å². The largest absolute Gasteiger partial charge is 0.433 e. The first-order chi connectivity index (χ1) is 10.0. The lowest BCUT2D eigenvalue weighted by atomic mass is 10.2. The number of nitriles is 1. The van der Waals surface area contributed by atoms with Crippen LogP contribution in [-0.2, 0) is 12.6 Å². The number of hydrogen-bond donors (Lipinski definition) is 1. The smallest absolute Gasteiger partial charge is 0.369 e. The third-order valence-electron chi connectivity index (χ3n) is 2.74. The molecule has 0 fully saturated rings. The van der Waals surface area contributed by atoms with Gasteiger partial charge in [0.25, 0.3) is 0 Å². The zero-order valence-electron chi connectivity index (χ0n) is 10.9. The minimum atomic E-state index is -4.53. The molecular weight excluding hydrogens is 281 g/mol. The first-order valence-corrected chi connectivity index (χ1v) is 6.12. The molecule has 0 aliphatic carbocycles. The number of rotatable bonds is 4. The fraction of sp³-hybridized carbons (Fsp3) is 0.214. The highest BCUT2D eigenvalue weighted by atomic mass is 19.4. The van der Waals surface area contributed by atoms with Gasteiger partial charge < -0.3 is 5.32 Å². The van der Waals surface area contributed by atoms with Gasteiger partial charge in [-0.3, -0.25) is 4.98 Å². The van der Waals surface area contributed by atoms with E-state index >= 15 is 0 Å². The summed E-state index contributed by atoms with van der Waals surface area (Å²) in [5, 5.41) is 11.7. The van der Waals surface area contributed by atoms with E-state index in [9.17, 15) is 13.2 Å². The van der Waals surface area contributed by atoms with E-state index in [0.717, 1.165) is 17.7 Å². The summed E-state index contributed by atoms with van der Waals surface area (Å²) in [6.07, 6.45) is -0.657. The van der Waals surface area contributed by atoms with Crippen LogP contribution in [0.5, 0.6) is 0 Å². The summed E-state index contributed by atoms with van der Waals surface area (Å²) in [4.78, 5) is 7.42. The molecule has 21 heavy (non-hydrogen) atoms. The second-order valence-corrected chi connectivity index (χ2v) is 4.24. The Hall–Kier alpha value is -2.62. The van der Waals surface area contributed by atoms with Crippen molar-refractivity contribution in [3.05, 3.63) is 53.5 Å². The number of halogens is 3. The van der Waals surface area contributed by atoms with Gasteiger partial charge in [0.05, 0.1) is 5.56 Å². The molecule has 0 unspecified atom stereocenters. The van der Waals surface area contributed by atoms with Gasteiger partial charge in [0.15, 0.2) is 0 Å². The molecule has 0 bridgehead atoms. The summed E-state index contributed by atoms with van der Waals surface area (Å²) < 4.78 is 37.8. The predicted octanol–water partition coefficient (Wildman–Crippen LogP) is 3.02. The van der Waals surface area contributed by atoms with E-state index in [1.165, 1.54) is 0 Å². The molecule has 0 aromatic carbocycles. The van der Waals surface area contributed by atoms with Gasteiger partial charge in [-0.05, 0) is 30.2 Å². The quantitative estimate of drug-likeness (QED) is 0.941. The van der Waals surface area contributed by atoms with Gasteiger partial charge in [0, 0.05) is 18.9 Å². The van der Waals surface area contributed by atoms with Crippen LogP contribution in [0.1, 0.15) is 16.8 Å². The fourth-order valence-corrected chi connectivity index (χ4v) is 1.71. The second-order valence-electron chi connectivity index (χ2n) is 4.24. The minimum absolute atomic E-state index is 0.0591. The monoisotopic (exact) mass is 292 g/mol. The molecule has 0 aliphatic heterocycles. The SMILES string of the molecule is N#Cc1ccc(C(F)(F)F)nc1NCCc1cccnc1. The van der Waals surface area contributed by atoms with Crippen LogP contribution >= 0.6 is 0 Å². The molecule has 0 radical (unpaired) electrons. The number of anilines is 1. The molecule has 108 valence electrons. The van der Waals surface area contributed by atoms with Crippen LogP contribution in [0, 0.1) is 11.3 Å². The standard InChI is InChI=1S/C14H11F3N4/c15-14(16,17)12-4-3-11(8-18)13(21-12)20-7-5-10-2-1-6-19-9-10/h1-4,6,9H,5,7H2,(H,20,21). The summed E-state index contributed by atoms with van der Waals surface area (Å²) >= 11 is 0. The number of alkyl halides is 3. The molecule has 2 heterocycles. The number of pyridine rings is 2. The average Bonchev–Trinajstić information content (AvgIpc) is 2.47. The van der Waals surface area contributed by atoms with Crippen LogP contribution in [0.25, 0.3) is 0 Å². The molecule has 0 saturated carbocycles. The van der Waals surface area contributed by atoms with E-state index in [1.807, 2.05) is 12.1 Å². The molecule has 2 aromatic rings. The Kier molecular flexibility index (Phi) is 4.38. The Morgan fingerprint density at radius 1 is 1.24 bits per heavy atom. The van der Waals surface area contributed by atoms with Crippen LogP contribution in [0.2, 0.25) is 0 Å². The molecule has 0 saturated heterocycles. The Balaban J connectivity index is 2.10. The highest BCUT2D eigenvalue weighted by molar-refractivity contribution is 5.52. The molecule has 0 amide bonds. The van der Waals surface area contributed by atoms with Gasteiger partial charge in [-0.15, -0.1) is 0 Å². The van der Waals surface area contributed by atoms with Crippen LogP contribution in [-0.4, -0.2) is 16.5 Å². The number of nitrogens with zero attached hydrogens (tertiary/aromatic N) is 3. The third kappa shape index (κ3) is 3.92. The van der Waals surface area contributed by atoms with Crippen molar-refractivity contribution in [2.75, 3.05) is 11.9 Å². The summed E-state index contributed by atoms with van der Waals surface area (Å²) in [6, 6.07) is 7.36. The van der Waals surface area contributed by atoms with Crippen LogP contribution in [0.15, 0.2) is 36.7 Å². The van der Waals surface area contributed by atoms with Gasteiger partial charge in [0.1, 0.15) is 17.6 Å². The van der Waals surface area contributed by atoms with E-state index in [4.69, 9.17) is 5.26 Å². The van der Waals surface area contributed by atoms with Crippen molar-refractivity contribution in [3.8, 4) is 6.07 Å². The third-order valence-corrected chi connectivity index (χ3v) is 2.74. The normalized spacial score (nSPS) is 11.0. The topological polar surface area (TPSA) is 61.6 Å². The summed E-state index contributed by atoms with van der Waals surface area (Å²) in [6.45, 7) is 0.356. The molecule has 0 aliphatic rings. The Bertz CT molecular complexity index is 648. The van der Waals surface area contributed by atoms with E-state index < -0.39 is 11.9 Å². The number of nitrogens with one attached hydrogen (secondary N) is 1. The molecular formula is C14H11F3N4. The number of hydrogen-bond acceptors (Lipinski definition) is 4. The Morgan fingerprint density at radius 3 is 2.67 bits per heavy atom. The summed E-state index contributed by atoms with van der Waals surface area (Å²) in [7, 11) is 0. The highest BCUT2D eigenvalue weighted by Gasteiger charge is 2.33. The lowest BCUT2D eigenvalue weighted by molar-refractivity contribution is -0.141. The Labute approximate surface area is 119 Å². The van der Waals surface area contributed by atoms with E-state index in [1.54, 1.807) is 18.5 Å². The first kappa shape index (κ1) is 14.8. The van der Waals surface area contributed by atoms with Crippen molar-refractivity contribution in [1.29, 1.82) is 5.26 Å². The first-order valence-electron chi connectivity index (χ1n) is 6.12. The molecule has 2 rings (SSSR count). The van der Waals surface area contributed by atoms with Crippen molar-refractivity contribution >= 4 is 5.82 Å². The van der Waals surface area contributed by atoms with Crippen LogP contribution in [0.4, 0.5) is 19.0 Å². The van der Waals surface area contributed by atoms with Crippen molar-refractivity contribution < 1.29 is 13.2 Å². The average molecular weight is 292 g/mol. The van der Waals surface area contributed by atoms with Crippen molar-refractivity contribution in [1.82, 2.24) is 9.97 Å².